The molecule has 1 saturated heterocycles. The third-order valence-electron chi connectivity index (χ3n) is 4.23. The van der Waals surface area contributed by atoms with Crippen molar-refractivity contribution < 1.29 is 14.4 Å². The predicted octanol–water partition coefficient (Wildman–Crippen LogP) is -0.558. The first-order chi connectivity index (χ1) is 10.5. The third kappa shape index (κ3) is 2.43. The number of hydrogen-bond donors (Lipinski definition) is 4. The predicted molar refractivity (Wildman–Crippen MR) is 79.3 cm³/mol. The molecular formula is C15H18N4O3. The molecule has 7 nitrogen and oxygen atoms in total. The fraction of sp³-hybridized carbons (Fsp3) is 0.400. The van der Waals surface area contributed by atoms with Crippen molar-refractivity contribution in [3.63, 3.8) is 0 Å². The number of aryl methyl sites for hydroxylation is 1. The van der Waals surface area contributed by atoms with E-state index >= 15 is 0 Å². The monoisotopic (exact) mass is 302 g/mol. The van der Waals surface area contributed by atoms with E-state index in [1.807, 2.05) is 12.1 Å². The smallest absolute Gasteiger partial charge is 0.322 e. The van der Waals surface area contributed by atoms with Gasteiger partial charge >= 0.3 is 6.03 Å². The van der Waals surface area contributed by atoms with Crippen LogP contribution < -0.4 is 21.7 Å². The van der Waals surface area contributed by atoms with Crippen molar-refractivity contribution in [2.45, 2.75) is 24.8 Å². The lowest BCUT2D eigenvalue weighted by Gasteiger charge is -2.32. The number of urea groups is 1. The molecule has 5 N–H and O–H groups in total. The number of imide groups is 1. The molecule has 0 bridgehead atoms. The second-order valence-electron chi connectivity index (χ2n) is 5.70. The molecule has 22 heavy (non-hydrogen) atoms. The second kappa shape index (κ2) is 5.42. The molecule has 1 aromatic carbocycles. The molecular weight excluding hydrogens is 284 g/mol. The van der Waals surface area contributed by atoms with E-state index in [-0.39, 0.29) is 11.8 Å². The lowest BCUT2D eigenvalue weighted by Crippen LogP contribution is -2.51. The Bertz CT molecular complexity index is 658. The van der Waals surface area contributed by atoms with Crippen molar-refractivity contribution >= 4 is 17.8 Å². The number of hydrogen-bond acceptors (Lipinski definition) is 4. The number of fused-ring (bicyclic) bond motifs is 1. The molecule has 0 aromatic heterocycles. The zero-order valence-electron chi connectivity index (χ0n) is 12.1. The van der Waals surface area contributed by atoms with Crippen molar-refractivity contribution in [2.24, 2.45) is 5.73 Å². The largest absolute Gasteiger partial charge is 0.351 e. The summed E-state index contributed by atoms with van der Waals surface area (Å²) in [5, 5.41) is 7.76. The Kier molecular flexibility index (Phi) is 3.58. The summed E-state index contributed by atoms with van der Waals surface area (Å²) in [4.78, 5) is 35.3. The molecule has 7 heteroatoms. The highest BCUT2D eigenvalue weighted by atomic mass is 16.2. The van der Waals surface area contributed by atoms with Crippen LogP contribution in [0.5, 0.6) is 0 Å². The standard InChI is InChI=1S/C15H18N4O3/c16-5-6-17-12(20)10-1-2-11-8-15(4-3-9(11)7-10)13(21)18-14(22)19-15/h1-2,7H,3-6,8,16H2,(H,17,20)(H2,18,19,21,22). The first-order valence-electron chi connectivity index (χ1n) is 7.28. The minimum atomic E-state index is -0.840. The van der Waals surface area contributed by atoms with Gasteiger partial charge in [-0.2, -0.15) is 0 Å². The van der Waals surface area contributed by atoms with Crippen LogP contribution >= 0.6 is 0 Å². The quantitative estimate of drug-likeness (QED) is 0.561. The third-order valence-corrected chi connectivity index (χ3v) is 4.23. The van der Waals surface area contributed by atoms with Crippen molar-refractivity contribution in [3.05, 3.63) is 34.9 Å². The average molecular weight is 302 g/mol. The van der Waals surface area contributed by atoms with Crippen molar-refractivity contribution in [1.82, 2.24) is 16.0 Å². The van der Waals surface area contributed by atoms with Gasteiger partial charge in [-0.25, -0.2) is 4.79 Å². The fourth-order valence-electron chi connectivity index (χ4n) is 3.05. The van der Waals surface area contributed by atoms with Gasteiger partial charge in [-0.05, 0) is 36.1 Å². The van der Waals surface area contributed by atoms with Crippen LogP contribution in [-0.2, 0) is 17.6 Å². The topological polar surface area (TPSA) is 113 Å². The maximum Gasteiger partial charge on any atom is 0.322 e. The van der Waals surface area contributed by atoms with Crippen LogP contribution in [0.4, 0.5) is 4.79 Å². The van der Waals surface area contributed by atoms with Gasteiger partial charge in [0.25, 0.3) is 11.8 Å². The van der Waals surface area contributed by atoms with E-state index in [1.165, 1.54) is 0 Å². The first-order valence-corrected chi connectivity index (χ1v) is 7.28. The highest BCUT2D eigenvalue weighted by Crippen LogP contribution is 2.31. The summed E-state index contributed by atoms with van der Waals surface area (Å²) >= 11 is 0. The number of carbonyl (C=O) groups is 3. The Balaban J connectivity index is 1.81. The van der Waals surface area contributed by atoms with Gasteiger partial charge < -0.3 is 16.4 Å². The summed E-state index contributed by atoms with van der Waals surface area (Å²) < 4.78 is 0. The number of nitrogens with two attached hydrogens (primary N) is 1. The van der Waals surface area contributed by atoms with Crippen LogP contribution in [0.1, 0.15) is 27.9 Å². The highest BCUT2D eigenvalue weighted by Gasteiger charge is 2.47. The van der Waals surface area contributed by atoms with E-state index in [2.05, 4.69) is 16.0 Å². The van der Waals surface area contributed by atoms with Gasteiger partial charge in [-0.15, -0.1) is 0 Å². The maximum absolute atomic E-state index is 12.0. The lowest BCUT2D eigenvalue weighted by atomic mass is 9.77. The van der Waals surface area contributed by atoms with Crippen LogP contribution in [0.25, 0.3) is 0 Å². The molecule has 1 aliphatic heterocycles. The summed E-state index contributed by atoms with van der Waals surface area (Å²) in [6.45, 7) is 0.833. The molecule has 1 unspecified atom stereocenters. The molecule has 1 spiro atoms. The van der Waals surface area contributed by atoms with E-state index in [1.54, 1.807) is 6.07 Å². The molecule has 3 rings (SSSR count). The number of nitrogens with one attached hydrogen (secondary N) is 3. The Morgan fingerprint density at radius 2 is 2.14 bits per heavy atom. The van der Waals surface area contributed by atoms with Crippen molar-refractivity contribution in [2.75, 3.05) is 13.1 Å². The molecule has 116 valence electrons. The Labute approximate surface area is 127 Å². The van der Waals surface area contributed by atoms with Crippen molar-refractivity contribution in [1.29, 1.82) is 0 Å². The number of carbonyl (C=O) groups excluding carboxylic acids is 3. The lowest BCUT2D eigenvalue weighted by molar-refractivity contribution is -0.124. The van der Waals surface area contributed by atoms with Gasteiger partial charge in [-0.3, -0.25) is 14.9 Å². The zero-order valence-corrected chi connectivity index (χ0v) is 12.1. The summed E-state index contributed by atoms with van der Waals surface area (Å²) in [5.74, 6) is -0.423. The van der Waals surface area contributed by atoms with Crippen LogP contribution in [0.15, 0.2) is 18.2 Å². The van der Waals surface area contributed by atoms with E-state index in [4.69, 9.17) is 5.73 Å². The van der Waals surface area contributed by atoms with Gasteiger partial charge in [0, 0.05) is 25.1 Å². The van der Waals surface area contributed by atoms with Gasteiger partial charge in [0.2, 0.25) is 0 Å². The van der Waals surface area contributed by atoms with E-state index in [0.717, 1.165) is 11.1 Å². The SMILES string of the molecule is NCCNC(=O)c1ccc2c(c1)CCC1(C2)NC(=O)NC1=O. The van der Waals surface area contributed by atoms with Crippen LogP contribution in [0, 0.1) is 0 Å². The molecule has 1 heterocycles. The summed E-state index contributed by atoms with van der Waals surface area (Å²) in [6.07, 6.45) is 1.62. The zero-order chi connectivity index (χ0) is 15.7. The highest BCUT2D eigenvalue weighted by molar-refractivity contribution is 6.07. The average Bonchev–Trinajstić information content (AvgIpc) is 2.77. The van der Waals surface area contributed by atoms with Gasteiger partial charge in [-0.1, -0.05) is 6.07 Å². The second-order valence-corrected chi connectivity index (χ2v) is 5.70. The van der Waals surface area contributed by atoms with Crippen LogP contribution in [-0.4, -0.2) is 36.5 Å². The van der Waals surface area contributed by atoms with E-state index in [0.29, 0.717) is 37.9 Å². The van der Waals surface area contributed by atoms with Crippen molar-refractivity contribution in [3.8, 4) is 0 Å². The minimum absolute atomic E-state index is 0.152. The summed E-state index contributed by atoms with van der Waals surface area (Å²) in [5.41, 5.74) is 7.14. The molecule has 4 amide bonds. The normalized spacial score (nSPS) is 23.0. The summed E-state index contributed by atoms with van der Waals surface area (Å²) in [7, 11) is 0. The number of benzene rings is 1. The Morgan fingerprint density at radius 1 is 1.32 bits per heavy atom. The van der Waals surface area contributed by atoms with Crippen LogP contribution in [0.2, 0.25) is 0 Å². The molecule has 2 aliphatic rings. The molecule has 1 aliphatic carbocycles. The summed E-state index contributed by atoms with van der Waals surface area (Å²) in [6, 6.07) is 5.00. The number of amides is 4. The molecule has 1 atom stereocenters. The maximum atomic E-state index is 12.0. The first kappa shape index (κ1) is 14.5. The molecule has 1 aromatic rings. The Hall–Kier alpha value is -2.41. The molecule has 0 radical (unpaired) electrons. The van der Waals surface area contributed by atoms with Gasteiger partial charge in [0.05, 0.1) is 0 Å². The van der Waals surface area contributed by atoms with E-state index < -0.39 is 11.6 Å². The van der Waals surface area contributed by atoms with E-state index in [9.17, 15) is 14.4 Å². The molecule has 1 fully saturated rings. The minimum Gasteiger partial charge on any atom is -0.351 e. The van der Waals surface area contributed by atoms with Gasteiger partial charge in [0.15, 0.2) is 0 Å². The number of rotatable bonds is 3. The van der Waals surface area contributed by atoms with Gasteiger partial charge in [0.1, 0.15) is 5.54 Å². The fourth-order valence-corrected chi connectivity index (χ4v) is 3.05. The van der Waals surface area contributed by atoms with Crippen LogP contribution in [0.3, 0.4) is 0 Å². The Morgan fingerprint density at radius 3 is 2.82 bits per heavy atom. The molecule has 0 saturated carbocycles.